The van der Waals surface area contributed by atoms with Gasteiger partial charge in [0.1, 0.15) is 17.4 Å². The largest absolute Gasteiger partial charge is 0.467 e. The molecule has 0 atom stereocenters. The summed E-state index contributed by atoms with van der Waals surface area (Å²) in [6.07, 6.45) is 3.03. The zero-order valence-corrected chi connectivity index (χ0v) is 21.7. The van der Waals surface area contributed by atoms with E-state index in [4.69, 9.17) is 23.6 Å². The topological polar surface area (TPSA) is 128 Å². The maximum Gasteiger partial charge on any atom is 0.230 e. The van der Waals surface area contributed by atoms with Crippen LogP contribution in [0.3, 0.4) is 0 Å². The number of aromatic amines is 1. The Morgan fingerprint density at radius 1 is 1.07 bits per heavy atom. The van der Waals surface area contributed by atoms with E-state index in [1.807, 2.05) is 12.1 Å². The third kappa shape index (κ3) is 6.03. The predicted molar refractivity (Wildman–Crippen MR) is 141 cm³/mol. The first-order valence-electron chi connectivity index (χ1n) is 13.2. The minimum Gasteiger partial charge on any atom is -0.467 e. The number of hydrogen-bond acceptors (Lipinski definition) is 9. The fraction of sp³-hybridized carbons (Fsp3) is 0.357. The zero-order chi connectivity index (χ0) is 27.3. The van der Waals surface area contributed by atoms with Gasteiger partial charge >= 0.3 is 0 Å². The Morgan fingerprint density at radius 2 is 1.88 bits per heavy atom. The SMILES string of the molecule is O=C(C1COC(Cc2nc(-c3ccc(F)cc3)c(-c3ccnc(NCc4ccco4)n3)[nH]2)OC1)N1CCOCC1. The Bertz CT molecular complexity index is 1410. The second-order valence-corrected chi connectivity index (χ2v) is 9.55. The van der Waals surface area contributed by atoms with Gasteiger partial charge in [0, 0.05) is 24.8 Å². The van der Waals surface area contributed by atoms with E-state index < -0.39 is 6.29 Å². The number of hydrogen-bond donors (Lipinski definition) is 2. The summed E-state index contributed by atoms with van der Waals surface area (Å²) in [6.45, 7) is 3.25. The van der Waals surface area contributed by atoms with E-state index in [0.717, 1.165) is 11.3 Å². The lowest BCUT2D eigenvalue weighted by molar-refractivity contribution is -0.205. The molecule has 0 aliphatic carbocycles. The second kappa shape index (κ2) is 11.9. The number of furan rings is 1. The van der Waals surface area contributed by atoms with Gasteiger partial charge in [0.2, 0.25) is 11.9 Å². The van der Waals surface area contributed by atoms with Gasteiger partial charge in [0.25, 0.3) is 0 Å². The summed E-state index contributed by atoms with van der Waals surface area (Å²) in [6, 6.07) is 11.6. The number of nitrogens with one attached hydrogen (secondary N) is 2. The Balaban J connectivity index is 1.18. The van der Waals surface area contributed by atoms with Crippen molar-refractivity contribution in [2.24, 2.45) is 5.92 Å². The van der Waals surface area contributed by atoms with Crippen molar-refractivity contribution in [3.8, 4) is 22.6 Å². The molecule has 12 heteroatoms. The van der Waals surface area contributed by atoms with Crippen molar-refractivity contribution < 1.29 is 27.8 Å². The van der Waals surface area contributed by atoms with Crippen LogP contribution in [0.15, 0.2) is 59.3 Å². The van der Waals surface area contributed by atoms with E-state index in [1.165, 1.54) is 12.1 Å². The van der Waals surface area contributed by atoms with Crippen LogP contribution < -0.4 is 5.32 Å². The number of carbonyl (C=O) groups is 1. The fourth-order valence-corrected chi connectivity index (χ4v) is 4.69. The molecule has 1 aromatic carbocycles. The first-order chi connectivity index (χ1) is 19.6. The van der Waals surface area contributed by atoms with Crippen molar-refractivity contribution in [2.75, 3.05) is 44.8 Å². The molecule has 208 valence electrons. The molecule has 0 spiro atoms. The number of morpholine rings is 1. The molecule has 0 radical (unpaired) electrons. The molecule has 2 fully saturated rings. The summed E-state index contributed by atoms with van der Waals surface area (Å²) < 4.78 is 36.2. The van der Waals surface area contributed by atoms with Gasteiger partial charge in [-0.3, -0.25) is 4.79 Å². The summed E-state index contributed by atoms with van der Waals surface area (Å²) >= 11 is 0. The molecule has 11 nitrogen and oxygen atoms in total. The van der Waals surface area contributed by atoms with Crippen LogP contribution in [0.4, 0.5) is 10.3 Å². The number of imidazole rings is 1. The quantitative estimate of drug-likeness (QED) is 0.341. The van der Waals surface area contributed by atoms with Crippen LogP contribution in [0.25, 0.3) is 22.6 Å². The summed E-state index contributed by atoms with van der Waals surface area (Å²) in [4.78, 5) is 31.7. The smallest absolute Gasteiger partial charge is 0.230 e. The highest BCUT2D eigenvalue weighted by Gasteiger charge is 2.32. The van der Waals surface area contributed by atoms with Gasteiger partial charge in [0.05, 0.1) is 68.7 Å². The number of ether oxygens (including phenoxy) is 3. The third-order valence-electron chi connectivity index (χ3n) is 6.78. The maximum atomic E-state index is 13.7. The number of amides is 1. The lowest BCUT2D eigenvalue weighted by Gasteiger charge is -2.33. The first kappa shape index (κ1) is 26.1. The number of aromatic nitrogens is 4. The van der Waals surface area contributed by atoms with Gasteiger partial charge in [-0.1, -0.05) is 0 Å². The summed E-state index contributed by atoms with van der Waals surface area (Å²) in [5, 5.41) is 3.16. The molecule has 40 heavy (non-hydrogen) atoms. The van der Waals surface area contributed by atoms with Crippen LogP contribution in [0.1, 0.15) is 11.6 Å². The number of H-pyrrole nitrogens is 1. The van der Waals surface area contributed by atoms with E-state index in [1.54, 1.807) is 35.6 Å². The van der Waals surface area contributed by atoms with Crippen molar-refractivity contribution >= 4 is 11.9 Å². The van der Waals surface area contributed by atoms with E-state index in [2.05, 4.69) is 20.3 Å². The van der Waals surface area contributed by atoms with Gasteiger partial charge in [-0.05, 0) is 42.5 Å². The van der Waals surface area contributed by atoms with Crippen molar-refractivity contribution in [1.29, 1.82) is 0 Å². The Hall–Kier alpha value is -4.13. The monoisotopic (exact) mass is 548 g/mol. The van der Waals surface area contributed by atoms with Crippen LogP contribution in [-0.2, 0) is 32.0 Å². The third-order valence-corrected chi connectivity index (χ3v) is 6.78. The highest BCUT2D eigenvalue weighted by molar-refractivity contribution is 5.79. The molecule has 2 aliphatic rings. The van der Waals surface area contributed by atoms with Gasteiger partial charge in [-0.2, -0.15) is 0 Å². The molecule has 0 bridgehead atoms. The summed E-state index contributed by atoms with van der Waals surface area (Å²) in [5.41, 5.74) is 2.60. The fourth-order valence-electron chi connectivity index (χ4n) is 4.69. The van der Waals surface area contributed by atoms with Crippen LogP contribution in [-0.4, -0.2) is 76.6 Å². The predicted octanol–water partition coefficient (Wildman–Crippen LogP) is 3.27. The van der Waals surface area contributed by atoms with E-state index in [-0.39, 0.29) is 30.9 Å². The van der Waals surface area contributed by atoms with E-state index >= 15 is 0 Å². The number of nitrogens with zero attached hydrogens (tertiary/aromatic N) is 4. The van der Waals surface area contributed by atoms with Crippen LogP contribution in [0, 0.1) is 11.7 Å². The molecule has 1 amide bonds. The molecule has 3 aromatic heterocycles. The lowest BCUT2D eigenvalue weighted by Crippen LogP contribution is -2.48. The molecule has 2 saturated heterocycles. The molecule has 2 aliphatic heterocycles. The minimum atomic E-state index is -0.565. The van der Waals surface area contributed by atoms with Crippen LogP contribution in [0.5, 0.6) is 0 Å². The number of benzene rings is 1. The van der Waals surface area contributed by atoms with Gasteiger partial charge in [0.15, 0.2) is 6.29 Å². The zero-order valence-electron chi connectivity index (χ0n) is 21.7. The van der Waals surface area contributed by atoms with Crippen LogP contribution >= 0.6 is 0 Å². The molecule has 6 rings (SSSR count). The number of anilines is 1. The summed E-state index contributed by atoms with van der Waals surface area (Å²) in [7, 11) is 0. The Morgan fingerprint density at radius 3 is 2.62 bits per heavy atom. The highest BCUT2D eigenvalue weighted by atomic mass is 19.1. The Labute approximate surface area is 229 Å². The number of halogens is 1. The molecule has 0 unspecified atom stereocenters. The van der Waals surface area contributed by atoms with E-state index in [9.17, 15) is 9.18 Å². The standard InChI is InChI=1S/C28H29FN6O5/c29-20-5-3-18(4-6-20)25-26(22-7-8-30-28(32-22)31-15-21-2-1-11-38-21)34-23(33-25)14-24-39-16-19(17-40-24)27(36)35-9-12-37-13-10-35/h1-8,11,19,24H,9-10,12-17H2,(H,33,34)(H,30,31,32). The number of carbonyl (C=O) groups excluding carboxylic acids is 1. The summed E-state index contributed by atoms with van der Waals surface area (Å²) in [5.74, 6) is 1.14. The molecule has 2 N–H and O–H groups in total. The van der Waals surface area contributed by atoms with Gasteiger partial charge in [-0.25, -0.2) is 19.3 Å². The Kier molecular flexibility index (Phi) is 7.80. The van der Waals surface area contributed by atoms with Crippen molar-refractivity contribution in [3.05, 3.63) is 72.3 Å². The van der Waals surface area contributed by atoms with Gasteiger partial charge in [-0.15, -0.1) is 0 Å². The minimum absolute atomic E-state index is 0.0286. The van der Waals surface area contributed by atoms with Crippen LogP contribution in [0.2, 0.25) is 0 Å². The molecular weight excluding hydrogens is 519 g/mol. The normalized spacial score (nSPS) is 19.5. The van der Waals surface area contributed by atoms with E-state index in [0.29, 0.717) is 68.1 Å². The first-order valence-corrected chi connectivity index (χ1v) is 13.2. The van der Waals surface area contributed by atoms with Crippen molar-refractivity contribution in [2.45, 2.75) is 19.3 Å². The molecule has 4 aromatic rings. The number of rotatable bonds is 8. The average Bonchev–Trinajstić information content (AvgIpc) is 3.68. The second-order valence-electron chi connectivity index (χ2n) is 9.55. The van der Waals surface area contributed by atoms with Crippen molar-refractivity contribution in [1.82, 2.24) is 24.8 Å². The lowest BCUT2D eigenvalue weighted by atomic mass is 10.1. The molecule has 0 saturated carbocycles. The molecule has 5 heterocycles. The maximum absolute atomic E-state index is 13.7. The average molecular weight is 549 g/mol. The molecular formula is C28H29FN6O5. The highest BCUT2D eigenvalue weighted by Crippen LogP contribution is 2.30. The van der Waals surface area contributed by atoms with Crippen molar-refractivity contribution in [3.63, 3.8) is 0 Å². The van der Waals surface area contributed by atoms with Gasteiger partial charge < -0.3 is 33.8 Å².